The predicted molar refractivity (Wildman–Crippen MR) is 98.6 cm³/mol. The highest BCUT2D eigenvalue weighted by atomic mass is 16.5. The zero-order chi connectivity index (χ0) is 17.3. The molecule has 1 atom stereocenters. The summed E-state index contributed by atoms with van der Waals surface area (Å²) in [7, 11) is 0. The van der Waals surface area contributed by atoms with E-state index in [-0.39, 0.29) is 12.6 Å². The number of nitrogens with zero attached hydrogens (tertiary/aromatic N) is 1. The van der Waals surface area contributed by atoms with Crippen LogP contribution in [0.15, 0.2) is 79.0 Å². The number of aliphatic hydroxyl groups excluding tert-OH is 1. The lowest BCUT2D eigenvalue weighted by Crippen LogP contribution is -2.34. The van der Waals surface area contributed by atoms with E-state index < -0.39 is 0 Å². The molecule has 128 valence electrons. The highest BCUT2D eigenvalue weighted by molar-refractivity contribution is 5.30. The van der Waals surface area contributed by atoms with Crippen molar-refractivity contribution in [1.82, 2.24) is 10.3 Å². The highest BCUT2D eigenvalue weighted by Crippen LogP contribution is 2.19. The Morgan fingerprint density at radius 1 is 0.880 bits per heavy atom. The van der Waals surface area contributed by atoms with Crippen molar-refractivity contribution in [3.63, 3.8) is 0 Å². The van der Waals surface area contributed by atoms with Gasteiger partial charge in [0, 0.05) is 24.8 Å². The Kier molecular flexibility index (Phi) is 6.15. The molecule has 0 amide bonds. The van der Waals surface area contributed by atoms with Crippen molar-refractivity contribution in [2.24, 2.45) is 0 Å². The lowest BCUT2D eigenvalue weighted by atomic mass is 10.1. The third-order valence-corrected chi connectivity index (χ3v) is 3.92. The van der Waals surface area contributed by atoms with Crippen molar-refractivity contribution in [3.05, 3.63) is 90.1 Å². The van der Waals surface area contributed by atoms with Gasteiger partial charge in [-0.3, -0.25) is 0 Å². The van der Waals surface area contributed by atoms with Crippen LogP contribution in [-0.2, 0) is 13.0 Å². The molecular formula is C21H22N2O2. The van der Waals surface area contributed by atoms with Gasteiger partial charge in [-0.05, 0) is 35.7 Å². The van der Waals surface area contributed by atoms with Gasteiger partial charge in [0.2, 0.25) is 5.88 Å². The van der Waals surface area contributed by atoms with E-state index >= 15 is 0 Å². The van der Waals surface area contributed by atoms with Crippen LogP contribution in [0.3, 0.4) is 0 Å². The topological polar surface area (TPSA) is 54.4 Å². The van der Waals surface area contributed by atoms with Crippen LogP contribution in [0.5, 0.6) is 11.6 Å². The van der Waals surface area contributed by atoms with Gasteiger partial charge in [0.15, 0.2) is 0 Å². The summed E-state index contributed by atoms with van der Waals surface area (Å²) >= 11 is 0. The number of aliphatic hydroxyl groups is 1. The van der Waals surface area contributed by atoms with E-state index in [2.05, 4.69) is 22.4 Å². The maximum Gasteiger partial charge on any atom is 0.219 e. The van der Waals surface area contributed by atoms with E-state index in [4.69, 9.17) is 4.74 Å². The molecule has 1 aromatic heterocycles. The van der Waals surface area contributed by atoms with Crippen LogP contribution in [0, 0.1) is 0 Å². The van der Waals surface area contributed by atoms with Crippen molar-refractivity contribution < 1.29 is 9.84 Å². The van der Waals surface area contributed by atoms with Gasteiger partial charge in [0.25, 0.3) is 0 Å². The molecule has 0 fully saturated rings. The molecule has 0 aliphatic carbocycles. The maximum absolute atomic E-state index is 9.62. The normalized spacial score (nSPS) is 11.9. The first-order chi connectivity index (χ1) is 12.3. The van der Waals surface area contributed by atoms with Crippen LogP contribution in [0.1, 0.15) is 11.1 Å². The second kappa shape index (κ2) is 8.97. The summed E-state index contributed by atoms with van der Waals surface area (Å²) in [5.41, 5.74) is 2.35. The summed E-state index contributed by atoms with van der Waals surface area (Å²) < 4.78 is 5.69. The SMILES string of the molecule is OCC(Cc1ccc(Oc2ccccn2)cc1)NCc1ccccc1. The van der Waals surface area contributed by atoms with E-state index in [1.807, 2.05) is 60.7 Å². The summed E-state index contributed by atoms with van der Waals surface area (Å²) in [5.74, 6) is 1.33. The van der Waals surface area contributed by atoms with Crippen LogP contribution in [0.4, 0.5) is 0 Å². The number of aromatic nitrogens is 1. The first kappa shape index (κ1) is 17.1. The molecule has 1 unspecified atom stereocenters. The molecule has 2 N–H and O–H groups in total. The average molecular weight is 334 g/mol. The van der Waals surface area contributed by atoms with E-state index in [0.29, 0.717) is 5.88 Å². The Hall–Kier alpha value is -2.69. The molecule has 4 nitrogen and oxygen atoms in total. The molecule has 3 aromatic rings. The second-order valence-electron chi connectivity index (χ2n) is 5.86. The van der Waals surface area contributed by atoms with Crippen LogP contribution in [-0.4, -0.2) is 22.7 Å². The van der Waals surface area contributed by atoms with E-state index in [1.54, 1.807) is 6.20 Å². The van der Waals surface area contributed by atoms with Crippen molar-refractivity contribution in [1.29, 1.82) is 0 Å². The summed E-state index contributed by atoms with van der Waals surface area (Å²) in [5, 5.41) is 13.0. The molecule has 3 rings (SSSR count). The fraction of sp³-hybridized carbons (Fsp3) is 0.190. The van der Waals surface area contributed by atoms with Crippen LogP contribution >= 0.6 is 0 Å². The van der Waals surface area contributed by atoms with Gasteiger partial charge >= 0.3 is 0 Å². The quantitative estimate of drug-likeness (QED) is 0.661. The summed E-state index contributed by atoms with van der Waals surface area (Å²) in [6, 6.07) is 23.7. The van der Waals surface area contributed by atoms with Gasteiger partial charge in [-0.1, -0.05) is 48.5 Å². The highest BCUT2D eigenvalue weighted by Gasteiger charge is 2.08. The van der Waals surface area contributed by atoms with Crippen molar-refractivity contribution in [2.45, 2.75) is 19.0 Å². The van der Waals surface area contributed by atoms with E-state index in [0.717, 1.165) is 24.3 Å². The largest absolute Gasteiger partial charge is 0.439 e. The third kappa shape index (κ3) is 5.41. The van der Waals surface area contributed by atoms with Gasteiger partial charge in [0.1, 0.15) is 5.75 Å². The zero-order valence-corrected chi connectivity index (χ0v) is 14.0. The third-order valence-electron chi connectivity index (χ3n) is 3.92. The average Bonchev–Trinajstić information content (AvgIpc) is 2.68. The van der Waals surface area contributed by atoms with Gasteiger partial charge in [-0.25, -0.2) is 4.98 Å². The van der Waals surface area contributed by atoms with Crippen LogP contribution in [0.25, 0.3) is 0 Å². The number of nitrogens with one attached hydrogen (secondary N) is 1. The Balaban J connectivity index is 1.54. The summed E-state index contributed by atoms with van der Waals surface area (Å²) in [6.45, 7) is 0.839. The summed E-state index contributed by atoms with van der Waals surface area (Å²) in [6.07, 6.45) is 2.46. The van der Waals surface area contributed by atoms with Gasteiger partial charge in [-0.2, -0.15) is 0 Å². The Morgan fingerprint density at radius 2 is 1.64 bits per heavy atom. The fourth-order valence-corrected chi connectivity index (χ4v) is 2.57. The minimum Gasteiger partial charge on any atom is -0.439 e. The smallest absolute Gasteiger partial charge is 0.219 e. The predicted octanol–water partition coefficient (Wildman–Crippen LogP) is 3.57. The lowest BCUT2D eigenvalue weighted by Gasteiger charge is -2.16. The lowest BCUT2D eigenvalue weighted by molar-refractivity contribution is 0.241. The number of pyridine rings is 1. The minimum atomic E-state index is 0.0164. The number of ether oxygens (including phenoxy) is 1. The van der Waals surface area contributed by atoms with Gasteiger partial charge < -0.3 is 15.2 Å². The molecule has 0 saturated carbocycles. The Bertz CT molecular complexity index is 746. The van der Waals surface area contributed by atoms with Crippen molar-refractivity contribution in [2.75, 3.05) is 6.61 Å². The molecular weight excluding hydrogens is 312 g/mol. The molecule has 0 aliphatic heterocycles. The molecule has 25 heavy (non-hydrogen) atoms. The minimum absolute atomic E-state index is 0.0164. The fourth-order valence-electron chi connectivity index (χ4n) is 2.57. The first-order valence-corrected chi connectivity index (χ1v) is 8.39. The number of rotatable bonds is 8. The number of benzene rings is 2. The second-order valence-corrected chi connectivity index (χ2v) is 5.86. The Labute approximate surface area is 148 Å². The molecule has 2 aromatic carbocycles. The number of hydrogen-bond donors (Lipinski definition) is 2. The molecule has 0 bridgehead atoms. The van der Waals surface area contributed by atoms with Crippen LogP contribution in [0.2, 0.25) is 0 Å². The Morgan fingerprint density at radius 3 is 2.32 bits per heavy atom. The van der Waals surface area contributed by atoms with Crippen LogP contribution < -0.4 is 10.1 Å². The molecule has 0 aliphatic rings. The van der Waals surface area contributed by atoms with Gasteiger partial charge in [-0.15, -0.1) is 0 Å². The first-order valence-electron chi connectivity index (χ1n) is 8.39. The standard InChI is InChI=1S/C21H22N2O2/c24-16-19(23-15-18-6-2-1-3-7-18)14-17-9-11-20(12-10-17)25-21-8-4-5-13-22-21/h1-13,19,23-24H,14-16H2. The monoisotopic (exact) mass is 334 g/mol. The van der Waals surface area contributed by atoms with E-state index in [1.165, 1.54) is 5.56 Å². The van der Waals surface area contributed by atoms with Gasteiger partial charge in [0.05, 0.1) is 6.61 Å². The number of hydrogen-bond acceptors (Lipinski definition) is 4. The molecule has 4 heteroatoms. The maximum atomic E-state index is 9.62. The van der Waals surface area contributed by atoms with Crippen molar-refractivity contribution in [3.8, 4) is 11.6 Å². The van der Waals surface area contributed by atoms with Crippen molar-refractivity contribution >= 4 is 0 Å². The molecule has 0 radical (unpaired) electrons. The molecule has 0 saturated heterocycles. The zero-order valence-electron chi connectivity index (χ0n) is 14.0. The van der Waals surface area contributed by atoms with E-state index in [9.17, 15) is 5.11 Å². The molecule has 1 heterocycles. The molecule has 0 spiro atoms. The summed E-state index contributed by atoms with van der Waals surface area (Å²) in [4.78, 5) is 4.15.